The number of para-hydroxylation sites is 1. The van der Waals surface area contributed by atoms with E-state index in [-0.39, 0.29) is 23.7 Å². The van der Waals surface area contributed by atoms with Gasteiger partial charge in [-0.1, -0.05) is 73.9 Å². The number of ether oxygens (including phenoxy) is 2. The van der Waals surface area contributed by atoms with Crippen molar-refractivity contribution in [2.45, 2.75) is 68.5 Å². The quantitative estimate of drug-likeness (QED) is 0.243. The number of aliphatic hydroxyl groups is 1. The molecule has 0 bridgehead atoms. The molecule has 1 aromatic heterocycles. The summed E-state index contributed by atoms with van der Waals surface area (Å²) < 4.78 is 42.8. The van der Waals surface area contributed by atoms with Crippen LogP contribution in [0.1, 0.15) is 67.6 Å². The van der Waals surface area contributed by atoms with Gasteiger partial charge in [0.2, 0.25) is 0 Å². The smallest absolute Gasteiger partial charge is 0.264 e. The lowest BCUT2D eigenvalue weighted by atomic mass is 9.99. The largest absolute Gasteiger partial charge is 0.392 e. The molecule has 9 heteroatoms. The van der Waals surface area contributed by atoms with Crippen LogP contribution in [0.2, 0.25) is 0 Å². The number of likely N-dealkylation sites (tertiary alicyclic amines) is 1. The van der Waals surface area contributed by atoms with Crippen molar-refractivity contribution in [2.24, 2.45) is 0 Å². The van der Waals surface area contributed by atoms with E-state index < -0.39 is 16.3 Å². The normalized spacial score (nSPS) is 22.1. The zero-order valence-electron chi connectivity index (χ0n) is 24.3. The number of hydrogen-bond donors (Lipinski definition) is 2. The molecule has 0 aliphatic carbocycles. The minimum atomic E-state index is -3.91. The Kier molecular flexibility index (Phi) is 9.35. The first kappa shape index (κ1) is 29.7. The topological polar surface area (TPSA) is 101 Å². The fraction of sp³-hybridized carbons (Fsp3) is 0.382. The number of nitrogens with zero attached hydrogens (tertiary/aromatic N) is 2. The molecule has 2 aliphatic rings. The van der Waals surface area contributed by atoms with Crippen LogP contribution in [0.4, 0.5) is 5.69 Å². The highest BCUT2D eigenvalue weighted by Gasteiger charge is 2.33. The number of nitrogens with one attached hydrogen (secondary N) is 1. The molecule has 0 radical (unpaired) electrons. The summed E-state index contributed by atoms with van der Waals surface area (Å²) in [5.41, 5.74) is 3.47. The summed E-state index contributed by atoms with van der Waals surface area (Å²) in [6, 6.07) is 23.9. The second-order valence-corrected chi connectivity index (χ2v) is 13.1. The highest BCUT2D eigenvalue weighted by molar-refractivity contribution is 7.93. The van der Waals surface area contributed by atoms with Gasteiger partial charge in [0.1, 0.15) is 4.90 Å². The van der Waals surface area contributed by atoms with Crippen molar-refractivity contribution < 1.29 is 23.0 Å². The average Bonchev–Trinajstić information content (AvgIpc) is 3.02. The second kappa shape index (κ2) is 13.5. The second-order valence-electron chi connectivity index (χ2n) is 11.5. The van der Waals surface area contributed by atoms with Crippen LogP contribution < -0.4 is 4.72 Å². The maximum absolute atomic E-state index is 13.5. The van der Waals surface area contributed by atoms with Gasteiger partial charge in [-0.3, -0.25) is 9.71 Å². The molecule has 2 saturated heterocycles. The minimum Gasteiger partial charge on any atom is -0.392 e. The van der Waals surface area contributed by atoms with Crippen molar-refractivity contribution >= 4 is 26.6 Å². The van der Waals surface area contributed by atoms with Crippen LogP contribution in [-0.4, -0.2) is 49.1 Å². The number of aromatic nitrogens is 1. The predicted octanol–water partition coefficient (Wildman–Crippen LogP) is 6.34. The first-order valence-corrected chi connectivity index (χ1v) is 16.7. The molecular formula is C34H39N3O5S. The monoisotopic (exact) mass is 601 g/mol. The molecule has 3 heterocycles. The van der Waals surface area contributed by atoms with Crippen molar-refractivity contribution in [2.75, 3.05) is 24.4 Å². The van der Waals surface area contributed by atoms with Crippen LogP contribution in [0, 0.1) is 0 Å². The standard InChI is InChI=1S/C34H39N3O5S/c38-24-25-14-16-26(17-15-25)31-22-30(23-37-19-4-2-1-3-5-20-37)41-34(42-31)28-10-6-12-29(21-28)36-43(39,40)32-13-7-9-27-11-8-18-35-33(27)32/h6-18,21,30-31,34,36,38H,1-5,19-20,22-24H2/t30-,31+,34?/m0/s1. The lowest BCUT2D eigenvalue weighted by Crippen LogP contribution is -2.40. The molecule has 6 rings (SSSR count). The average molecular weight is 602 g/mol. The van der Waals surface area contributed by atoms with E-state index in [9.17, 15) is 13.5 Å². The maximum atomic E-state index is 13.5. The Morgan fingerprint density at radius 1 is 0.860 bits per heavy atom. The molecule has 2 N–H and O–H groups in total. The van der Waals surface area contributed by atoms with Crippen LogP contribution in [0.3, 0.4) is 0 Å². The molecular weight excluding hydrogens is 562 g/mol. The van der Waals surface area contributed by atoms with E-state index in [2.05, 4.69) is 14.6 Å². The molecule has 0 saturated carbocycles. The number of hydrogen-bond acceptors (Lipinski definition) is 7. The van der Waals surface area contributed by atoms with Crippen LogP contribution in [-0.2, 0) is 26.1 Å². The zero-order chi connectivity index (χ0) is 29.6. The molecule has 8 nitrogen and oxygen atoms in total. The van der Waals surface area contributed by atoms with Gasteiger partial charge >= 0.3 is 0 Å². The Balaban J connectivity index is 1.25. The summed E-state index contributed by atoms with van der Waals surface area (Å²) in [5, 5.41) is 10.3. The lowest BCUT2D eigenvalue weighted by molar-refractivity contribution is -0.253. The number of pyridine rings is 1. The van der Waals surface area contributed by atoms with Gasteiger partial charge in [-0.25, -0.2) is 8.42 Å². The van der Waals surface area contributed by atoms with Crippen molar-refractivity contribution in [3.05, 3.63) is 102 Å². The molecule has 2 aliphatic heterocycles. The van der Waals surface area contributed by atoms with Gasteiger partial charge in [-0.2, -0.15) is 0 Å². The van der Waals surface area contributed by atoms with Gasteiger partial charge < -0.3 is 19.5 Å². The van der Waals surface area contributed by atoms with Gasteiger partial charge in [0, 0.05) is 35.8 Å². The molecule has 2 fully saturated rings. The summed E-state index contributed by atoms with van der Waals surface area (Å²) in [6.45, 7) is 2.96. The number of fused-ring (bicyclic) bond motifs is 1. The molecule has 0 spiro atoms. The molecule has 1 unspecified atom stereocenters. The molecule has 0 amide bonds. The van der Waals surface area contributed by atoms with E-state index in [0.29, 0.717) is 17.6 Å². The SMILES string of the molecule is O=S(=O)(Nc1cccc(C2O[C@H](CN3CCCCCCC3)C[C@H](c3ccc(CO)cc3)O2)c1)c1cccc2cccnc12. The van der Waals surface area contributed by atoms with Crippen LogP contribution in [0.5, 0.6) is 0 Å². The fourth-order valence-electron chi connectivity index (χ4n) is 6.07. The van der Waals surface area contributed by atoms with Gasteiger partial charge in [0.25, 0.3) is 10.0 Å². The number of aliphatic hydroxyl groups excluding tert-OH is 1. The summed E-state index contributed by atoms with van der Waals surface area (Å²) in [4.78, 5) is 6.96. The van der Waals surface area contributed by atoms with E-state index in [1.54, 1.807) is 36.5 Å². The Morgan fingerprint density at radius 3 is 2.40 bits per heavy atom. The van der Waals surface area contributed by atoms with E-state index >= 15 is 0 Å². The summed E-state index contributed by atoms with van der Waals surface area (Å²) in [6.07, 6.45) is 7.64. The van der Waals surface area contributed by atoms with Crippen LogP contribution in [0.15, 0.2) is 90.0 Å². The first-order chi connectivity index (χ1) is 21.0. The van der Waals surface area contributed by atoms with Gasteiger partial charge in [0.15, 0.2) is 6.29 Å². The van der Waals surface area contributed by atoms with E-state index in [1.165, 1.54) is 32.1 Å². The van der Waals surface area contributed by atoms with E-state index in [0.717, 1.165) is 41.7 Å². The molecule has 4 aromatic rings. The van der Waals surface area contributed by atoms with Crippen molar-refractivity contribution in [1.82, 2.24) is 9.88 Å². The Morgan fingerprint density at radius 2 is 1.60 bits per heavy atom. The molecule has 43 heavy (non-hydrogen) atoms. The highest BCUT2D eigenvalue weighted by atomic mass is 32.2. The summed E-state index contributed by atoms with van der Waals surface area (Å²) >= 11 is 0. The van der Waals surface area contributed by atoms with Gasteiger partial charge in [-0.15, -0.1) is 0 Å². The number of rotatable bonds is 8. The molecule has 226 valence electrons. The zero-order valence-corrected chi connectivity index (χ0v) is 25.1. The van der Waals surface area contributed by atoms with E-state index in [1.807, 2.05) is 48.5 Å². The first-order valence-electron chi connectivity index (χ1n) is 15.2. The summed E-state index contributed by atoms with van der Waals surface area (Å²) in [5.74, 6) is 0. The predicted molar refractivity (Wildman–Crippen MR) is 167 cm³/mol. The van der Waals surface area contributed by atoms with Crippen LogP contribution >= 0.6 is 0 Å². The van der Waals surface area contributed by atoms with Gasteiger partial charge in [-0.05, 0) is 61.3 Å². The number of benzene rings is 3. The number of sulfonamides is 1. The lowest BCUT2D eigenvalue weighted by Gasteiger charge is -2.39. The van der Waals surface area contributed by atoms with Gasteiger partial charge in [0.05, 0.1) is 24.3 Å². The summed E-state index contributed by atoms with van der Waals surface area (Å²) in [7, 11) is -3.91. The van der Waals surface area contributed by atoms with E-state index in [4.69, 9.17) is 9.47 Å². The third kappa shape index (κ3) is 7.25. The molecule has 3 aromatic carbocycles. The minimum absolute atomic E-state index is 0.00728. The third-order valence-electron chi connectivity index (χ3n) is 8.32. The fourth-order valence-corrected chi connectivity index (χ4v) is 7.30. The van der Waals surface area contributed by atoms with Crippen molar-refractivity contribution in [3.63, 3.8) is 0 Å². The Bertz CT molecular complexity index is 1620. The highest BCUT2D eigenvalue weighted by Crippen LogP contribution is 2.39. The molecule has 3 atom stereocenters. The van der Waals surface area contributed by atoms with Crippen molar-refractivity contribution in [1.29, 1.82) is 0 Å². The van der Waals surface area contributed by atoms with Crippen molar-refractivity contribution in [3.8, 4) is 0 Å². The van der Waals surface area contributed by atoms with Crippen LogP contribution in [0.25, 0.3) is 10.9 Å². The Hall–Kier alpha value is -3.34. The third-order valence-corrected chi connectivity index (χ3v) is 9.73. The number of anilines is 1. The Labute approximate surface area is 253 Å². The maximum Gasteiger partial charge on any atom is 0.264 e.